The molecule has 0 spiro atoms. The van der Waals surface area contributed by atoms with E-state index in [0.717, 1.165) is 0 Å². The number of hydrogen-bond donors (Lipinski definition) is 1. The molecule has 2 heterocycles. The van der Waals surface area contributed by atoms with Gasteiger partial charge >= 0.3 is 0 Å². The fraction of sp³-hybridized carbons (Fsp3) is 0.500. The van der Waals surface area contributed by atoms with Gasteiger partial charge in [0.15, 0.2) is 5.69 Å². The van der Waals surface area contributed by atoms with Gasteiger partial charge in [-0.2, -0.15) is 0 Å². The van der Waals surface area contributed by atoms with Gasteiger partial charge in [0.2, 0.25) is 5.91 Å². The van der Waals surface area contributed by atoms with Gasteiger partial charge in [-0.3, -0.25) is 9.59 Å². The van der Waals surface area contributed by atoms with E-state index in [4.69, 9.17) is 11.6 Å². The zero-order valence-corrected chi connectivity index (χ0v) is 11.6. The molecule has 1 saturated heterocycles. The summed E-state index contributed by atoms with van der Waals surface area (Å²) in [6, 6.07) is 0. The van der Waals surface area contributed by atoms with Gasteiger partial charge in [-0.1, -0.05) is 25.4 Å². The van der Waals surface area contributed by atoms with Crippen molar-refractivity contribution in [2.75, 3.05) is 19.6 Å². The summed E-state index contributed by atoms with van der Waals surface area (Å²) < 4.78 is 0. The van der Waals surface area contributed by atoms with Crippen LogP contribution in [0.4, 0.5) is 0 Å². The van der Waals surface area contributed by atoms with Crippen molar-refractivity contribution in [1.29, 1.82) is 0 Å². The van der Waals surface area contributed by atoms with E-state index < -0.39 is 0 Å². The predicted molar refractivity (Wildman–Crippen MR) is 70.0 cm³/mol. The minimum atomic E-state index is -0.329. The minimum Gasteiger partial charge on any atom is -0.353 e. The molecular formula is C12H15ClN4O2. The van der Waals surface area contributed by atoms with E-state index in [1.165, 1.54) is 11.1 Å². The van der Waals surface area contributed by atoms with E-state index in [9.17, 15) is 9.59 Å². The highest BCUT2D eigenvalue weighted by Gasteiger charge is 2.25. The molecule has 0 unspecified atom stereocenters. The van der Waals surface area contributed by atoms with Crippen molar-refractivity contribution in [3.63, 3.8) is 0 Å². The van der Waals surface area contributed by atoms with Gasteiger partial charge in [0.05, 0.1) is 17.8 Å². The minimum absolute atomic E-state index is 0.0379. The van der Waals surface area contributed by atoms with E-state index in [2.05, 4.69) is 15.3 Å². The standard InChI is InChI=1S/C12H15ClN4O2/c1-7(2)11-15-5-8(13)10(16-11)12(19)17-4-3-14-9(18)6-17/h5,7H,3-4,6H2,1-2H3,(H,14,18). The maximum absolute atomic E-state index is 12.3. The molecule has 1 aromatic rings. The Labute approximate surface area is 116 Å². The molecule has 1 fully saturated rings. The summed E-state index contributed by atoms with van der Waals surface area (Å²) in [4.78, 5) is 33.3. The lowest BCUT2D eigenvalue weighted by atomic mass is 10.2. The third-order valence-electron chi connectivity index (χ3n) is 2.81. The molecule has 0 aliphatic carbocycles. The second kappa shape index (κ2) is 5.52. The Kier molecular flexibility index (Phi) is 3.99. The molecular weight excluding hydrogens is 268 g/mol. The Hall–Kier alpha value is -1.69. The maximum atomic E-state index is 12.3. The van der Waals surface area contributed by atoms with Gasteiger partial charge in [0.1, 0.15) is 5.82 Å². The lowest BCUT2D eigenvalue weighted by molar-refractivity contribution is -0.123. The molecule has 1 aliphatic rings. The highest BCUT2D eigenvalue weighted by Crippen LogP contribution is 2.18. The highest BCUT2D eigenvalue weighted by atomic mass is 35.5. The third-order valence-corrected chi connectivity index (χ3v) is 3.08. The Morgan fingerprint density at radius 1 is 1.53 bits per heavy atom. The molecule has 0 saturated carbocycles. The van der Waals surface area contributed by atoms with Gasteiger partial charge < -0.3 is 10.2 Å². The topological polar surface area (TPSA) is 75.2 Å². The molecule has 19 heavy (non-hydrogen) atoms. The predicted octanol–water partition coefficient (Wildman–Crippen LogP) is 0.825. The van der Waals surface area contributed by atoms with Crippen molar-refractivity contribution < 1.29 is 9.59 Å². The molecule has 0 atom stereocenters. The van der Waals surface area contributed by atoms with E-state index in [0.29, 0.717) is 18.9 Å². The summed E-state index contributed by atoms with van der Waals surface area (Å²) in [5.41, 5.74) is 0.162. The second-order valence-corrected chi connectivity index (χ2v) is 5.06. The quantitative estimate of drug-likeness (QED) is 0.872. The summed E-state index contributed by atoms with van der Waals surface area (Å²) in [5.74, 6) is 0.167. The number of carbonyl (C=O) groups excluding carboxylic acids is 2. The van der Waals surface area contributed by atoms with Gasteiger partial charge in [0.25, 0.3) is 5.91 Å². The molecule has 102 valence electrons. The van der Waals surface area contributed by atoms with Crippen LogP contribution in [-0.4, -0.2) is 46.3 Å². The highest BCUT2D eigenvalue weighted by molar-refractivity contribution is 6.33. The van der Waals surface area contributed by atoms with Crippen molar-refractivity contribution in [3.8, 4) is 0 Å². The normalized spacial score (nSPS) is 15.6. The summed E-state index contributed by atoms with van der Waals surface area (Å²) in [6.07, 6.45) is 1.43. The van der Waals surface area contributed by atoms with Crippen LogP contribution in [-0.2, 0) is 4.79 Å². The molecule has 0 bridgehead atoms. The van der Waals surface area contributed by atoms with Crippen molar-refractivity contribution in [2.24, 2.45) is 0 Å². The largest absolute Gasteiger partial charge is 0.353 e. The number of nitrogens with one attached hydrogen (secondary N) is 1. The first kappa shape index (κ1) is 13.7. The van der Waals surface area contributed by atoms with Gasteiger partial charge in [-0.05, 0) is 0 Å². The summed E-state index contributed by atoms with van der Waals surface area (Å²) >= 11 is 5.98. The first-order valence-corrected chi connectivity index (χ1v) is 6.45. The molecule has 1 aliphatic heterocycles. The fourth-order valence-corrected chi connectivity index (χ4v) is 1.94. The number of hydrogen-bond acceptors (Lipinski definition) is 4. The second-order valence-electron chi connectivity index (χ2n) is 4.66. The average Bonchev–Trinajstić information content (AvgIpc) is 2.38. The van der Waals surface area contributed by atoms with E-state index in [1.54, 1.807) is 0 Å². The monoisotopic (exact) mass is 282 g/mol. The van der Waals surface area contributed by atoms with Gasteiger partial charge in [-0.15, -0.1) is 0 Å². The Morgan fingerprint density at radius 3 is 2.89 bits per heavy atom. The number of nitrogens with zero attached hydrogens (tertiary/aromatic N) is 3. The Bertz CT molecular complexity index is 518. The van der Waals surface area contributed by atoms with Crippen LogP contribution in [0, 0.1) is 0 Å². The number of aromatic nitrogens is 2. The molecule has 2 amide bonds. The molecule has 0 aromatic carbocycles. The van der Waals surface area contributed by atoms with Crippen LogP contribution in [0.25, 0.3) is 0 Å². The fourth-order valence-electron chi connectivity index (χ4n) is 1.77. The average molecular weight is 283 g/mol. The molecule has 0 radical (unpaired) electrons. The van der Waals surface area contributed by atoms with Crippen LogP contribution in [0.1, 0.15) is 36.1 Å². The number of amides is 2. The maximum Gasteiger partial charge on any atom is 0.274 e. The lowest BCUT2D eigenvalue weighted by Crippen LogP contribution is -2.50. The van der Waals surface area contributed by atoms with Crippen LogP contribution in [0.15, 0.2) is 6.20 Å². The molecule has 6 nitrogen and oxygen atoms in total. The Morgan fingerprint density at radius 2 is 2.26 bits per heavy atom. The van der Waals surface area contributed by atoms with Crippen LogP contribution in [0.3, 0.4) is 0 Å². The van der Waals surface area contributed by atoms with Crippen LogP contribution >= 0.6 is 11.6 Å². The van der Waals surface area contributed by atoms with Crippen LogP contribution in [0.2, 0.25) is 5.02 Å². The third kappa shape index (κ3) is 3.01. The summed E-state index contributed by atoms with van der Waals surface area (Å²) in [7, 11) is 0. The van der Waals surface area contributed by atoms with Crippen molar-refractivity contribution in [2.45, 2.75) is 19.8 Å². The summed E-state index contributed by atoms with van der Waals surface area (Å²) in [6.45, 7) is 4.82. The van der Waals surface area contributed by atoms with Crippen molar-refractivity contribution in [3.05, 3.63) is 22.7 Å². The lowest BCUT2D eigenvalue weighted by Gasteiger charge is -2.26. The number of carbonyl (C=O) groups is 2. The molecule has 1 aromatic heterocycles. The van der Waals surface area contributed by atoms with Crippen LogP contribution < -0.4 is 5.32 Å². The number of piperazine rings is 1. The van der Waals surface area contributed by atoms with Crippen molar-refractivity contribution in [1.82, 2.24) is 20.2 Å². The molecule has 2 rings (SSSR count). The Balaban J connectivity index is 2.27. The van der Waals surface area contributed by atoms with Crippen molar-refractivity contribution >= 4 is 23.4 Å². The SMILES string of the molecule is CC(C)c1ncc(Cl)c(C(=O)N2CCNC(=O)C2)n1. The first-order chi connectivity index (χ1) is 8.99. The van der Waals surface area contributed by atoms with E-state index in [-0.39, 0.29) is 35.0 Å². The first-order valence-electron chi connectivity index (χ1n) is 6.07. The summed E-state index contributed by atoms with van der Waals surface area (Å²) in [5, 5.41) is 2.87. The zero-order valence-electron chi connectivity index (χ0n) is 10.8. The molecule has 1 N–H and O–H groups in total. The van der Waals surface area contributed by atoms with E-state index >= 15 is 0 Å². The van der Waals surface area contributed by atoms with Crippen LogP contribution in [0.5, 0.6) is 0 Å². The van der Waals surface area contributed by atoms with E-state index in [1.807, 2.05) is 13.8 Å². The number of halogens is 1. The number of rotatable bonds is 2. The van der Waals surface area contributed by atoms with Gasteiger partial charge in [0, 0.05) is 19.0 Å². The zero-order chi connectivity index (χ0) is 14.0. The van der Waals surface area contributed by atoms with Gasteiger partial charge in [-0.25, -0.2) is 9.97 Å². The molecule has 7 heteroatoms. The smallest absolute Gasteiger partial charge is 0.274 e.